The fraction of sp³-hybridized carbons (Fsp3) is 0.333. The first-order chi connectivity index (χ1) is 12.9. The molecule has 0 bridgehead atoms. The molecule has 0 saturated heterocycles. The fourth-order valence-corrected chi connectivity index (χ4v) is 2.95. The molecule has 0 aliphatic heterocycles. The second-order valence-electron chi connectivity index (χ2n) is 6.28. The van der Waals surface area contributed by atoms with Gasteiger partial charge in [-0.15, -0.1) is 0 Å². The quantitative estimate of drug-likeness (QED) is 0.642. The van der Waals surface area contributed by atoms with Gasteiger partial charge in [-0.05, 0) is 65.5 Å². The molecular weight excluding hydrogens is 408 g/mol. The van der Waals surface area contributed by atoms with Crippen LogP contribution in [-0.4, -0.2) is 24.5 Å². The van der Waals surface area contributed by atoms with Crippen molar-refractivity contribution in [2.75, 3.05) is 11.9 Å². The number of nitrogens with one attached hydrogen (secondary N) is 2. The van der Waals surface area contributed by atoms with Gasteiger partial charge in [0, 0.05) is 6.04 Å². The number of amides is 2. The minimum absolute atomic E-state index is 0.0630. The molecule has 0 radical (unpaired) electrons. The Morgan fingerprint density at radius 1 is 1.15 bits per heavy atom. The van der Waals surface area contributed by atoms with Crippen LogP contribution in [0.2, 0.25) is 0 Å². The lowest BCUT2D eigenvalue weighted by Gasteiger charge is -2.15. The van der Waals surface area contributed by atoms with E-state index in [0.717, 1.165) is 17.3 Å². The number of carbonyl (C=O) groups excluding carboxylic acids is 2. The SMILES string of the molecule is CCc1ccc(OCC(=O)Nc2ccccc2C(=O)N[C@H](C)CC)c(Br)c1. The Hall–Kier alpha value is -2.34. The van der Waals surface area contributed by atoms with Gasteiger partial charge >= 0.3 is 0 Å². The standard InChI is InChI=1S/C21H25BrN2O3/c1-4-14(3)23-21(26)16-8-6-7-9-18(16)24-20(25)13-27-19-11-10-15(5-2)12-17(19)22/h6-12,14H,4-5,13H2,1-3H3,(H,23,26)(H,24,25)/t14-/m1/s1. The number of ether oxygens (including phenoxy) is 1. The number of carbonyl (C=O) groups is 2. The van der Waals surface area contributed by atoms with Gasteiger partial charge in [-0.25, -0.2) is 0 Å². The van der Waals surface area contributed by atoms with Crippen LogP contribution in [0.15, 0.2) is 46.9 Å². The van der Waals surface area contributed by atoms with E-state index in [-0.39, 0.29) is 24.5 Å². The van der Waals surface area contributed by atoms with Crippen molar-refractivity contribution in [3.63, 3.8) is 0 Å². The van der Waals surface area contributed by atoms with Crippen LogP contribution in [0, 0.1) is 0 Å². The minimum atomic E-state index is -0.328. The van der Waals surface area contributed by atoms with Crippen molar-refractivity contribution in [1.82, 2.24) is 5.32 Å². The summed E-state index contributed by atoms with van der Waals surface area (Å²) in [5.74, 6) is 0.0643. The summed E-state index contributed by atoms with van der Waals surface area (Å²) in [6.07, 6.45) is 1.76. The van der Waals surface area contributed by atoms with E-state index in [1.165, 1.54) is 5.56 Å². The molecule has 2 aromatic rings. The Morgan fingerprint density at radius 3 is 2.56 bits per heavy atom. The third-order valence-corrected chi connectivity index (χ3v) is 4.82. The Labute approximate surface area is 168 Å². The van der Waals surface area contributed by atoms with Gasteiger partial charge in [-0.3, -0.25) is 9.59 Å². The van der Waals surface area contributed by atoms with Gasteiger partial charge in [0.25, 0.3) is 11.8 Å². The maximum absolute atomic E-state index is 12.4. The first-order valence-electron chi connectivity index (χ1n) is 9.05. The topological polar surface area (TPSA) is 67.4 Å². The molecule has 144 valence electrons. The van der Waals surface area contributed by atoms with Gasteiger partial charge in [0.15, 0.2) is 6.61 Å². The van der Waals surface area contributed by atoms with Crippen molar-refractivity contribution in [3.05, 3.63) is 58.1 Å². The number of hydrogen-bond donors (Lipinski definition) is 2. The van der Waals surface area contributed by atoms with Crippen LogP contribution in [0.4, 0.5) is 5.69 Å². The lowest BCUT2D eigenvalue weighted by molar-refractivity contribution is -0.118. The van der Waals surface area contributed by atoms with Crippen LogP contribution < -0.4 is 15.4 Å². The maximum atomic E-state index is 12.4. The predicted octanol–water partition coefficient (Wildman–Crippen LogP) is 4.56. The van der Waals surface area contributed by atoms with E-state index >= 15 is 0 Å². The number of rotatable bonds is 8. The molecule has 0 aromatic heterocycles. The highest BCUT2D eigenvalue weighted by molar-refractivity contribution is 9.10. The van der Waals surface area contributed by atoms with Crippen LogP contribution in [-0.2, 0) is 11.2 Å². The van der Waals surface area contributed by atoms with E-state index in [0.29, 0.717) is 17.0 Å². The van der Waals surface area contributed by atoms with Gasteiger partial charge in [0.1, 0.15) is 5.75 Å². The number of benzene rings is 2. The van der Waals surface area contributed by atoms with Gasteiger partial charge in [-0.1, -0.05) is 32.0 Å². The second-order valence-corrected chi connectivity index (χ2v) is 7.14. The van der Waals surface area contributed by atoms with E-state index in [2.05, 4.69) is 33.5 Å². The molecule has 2 rings (SSSR count). The van der Waals surface area contributed by atoms with E-state index in [1.807, 2.05) is 32.0 Å². The highest BCUT2D eigenvalue weighted by Gasteiger charge is 2.15. The highest BCUT2D eigenvalue weighted by atomic mass is 79.9. The van der Waals surface area contributed by atoms with Crippen LogP contribution in [0.25, 0.3) is 0 Å². The van der Waals surface area contributed by atoms with Crippen molar-refractivity contribution in [2.24, 2.45) is 0 Å². The summed E-state index contributed by atoms with van der Waals surface area (Å²) < 4.78 is 6.40. The Morgan fingerprint density at radius 2 is 1.89 bits per heavy atom. The normalized spacial score (nSPS) is 11.6. The Balaban J connectivity index is 2.01. The van der Waals surface area contributed by atoms with E-state index in [1.54, 1.807) is 24.3 Å². The molecule has 1 atom stereocenters. The molecule has 0 spiro atoms. The number of para-hydroxylation sites is 1. The summed E-state index contributed by atoms with van der Waals surface area (Å²) >= 11 is 3.46. The van der Waals surface area contributed by atoms with Gasteiger partial charge in [0.2, 0.25) is 0 Å². The number of hydrogen-bond acceptors (Lipinski definition) is 3. The summed E-state index contributed by atoms with van der Waals surface area (Å²) in [7, 11) is 0. The van der Waals surface area contributed by atoms with Crippen molar-refractivity contribution < 1.29 is 14.3 Å². The smallest absolute Gasteiger partial charge is 0.262 e. The third kappa shape index (κ3) is 6.10. The molecular formula is C21H25BrN2O3. The predicted molar refractivity (Wildman–Crippen MR) is 111 cm³/mol. The zero-order valence-corrected chi connectivity index (χ0v) is 17.4. The third-order valence-electron chi connectivity index (χ3n) is 4.20. The van der Waals surface area contributed by atoms with Gasteiger partial charge < -0.3 is 15.4 Å². The molecule has 0 aliphatic rings. The minimum Gasteiger partial charge on any atom is -0.483 e. The average molecular weight is 433 g/mol. The average Bonchev–Trinajstić information content (AvgIpc) is 2.67. The zero-order valence-electron chi connectivity index (χ0n) is 15.8. The summed E-state index contributed by atoms with van der Waals surface area (Å²) in [5.41, 5.74) is 2.08. The second kappa shape index (κ2) is 10.1. The molecule has 0 unspecified atom stereocenters. The first-order valence-corrected chi connectivity index (χ1v) is 9.84. The largest absolute Gasteiger partial charge is 0.483 e. The van der Waals surface area contributed by atoms with Crippen molar-refractivity contribution in [1.29, 1.82) is 0 Å². The van der Waals surface area contributed by atoms with E-state index in [9.17, 15) is 9.59 Å². The molecule has 27 heavy (non-hydrogen) atoms. The Kier molecular flexibility index (Phi) is 7.85. The summed E-state index contributed by atoms with van der Waals surface area (Å²) in [4.78, 5) is 24.7. The number of anilines is 1. The summed E-state index contributed by atoms with van der Waals surface area (Å²) in [6, 6.07) is 12.8. The monoisotopic (exact) mass is 432 g/mol. The molecule has 0 heterocycles. The molecule has 5 nitrogen and oxygen atoms in total. The lowest BCUT2D eigenvalue weighted by atomic mass is 10.1. The number of aryl methyl sites for hydroxylation is 1. The highest BCUT2D eigenvalue weighted by Crippen LogP contribution is 2.26. The van der Waals surface area contributed by atoms with Crippen LogP contribution in [0.1, 0.15) is 43.1 Å². The van der Waals surface area contributed by atoms with Crippen LogP contribution in [0.3, 0.4) is 0 Å². The van der Waals surface area contributed by atoms with Gasteiger partial charge in [0.05, 0.1) is 15.7 Å². The summed E-state index contributed by atoms with van der Waals surface area (Å²) in [5, 5.41) is 5.66. The molecule has 0 aliphatic carbocycles. The van der Waals surface area contributed by atoms with Crippen LogP contribution in [0.5, 0.6) is 5.75 Å². The molecule has 6 heteroatoms. The van der Waals surface area contributed by atoms with Crippen LogP contribution >= 0.6 is 15.9 Å². The van der Waals surface area contributed by atoms with E-state index in [4.69, 9.17) is 4.74 Å². The maximum Gasteiger partial charge on any atom is 0.262 e. The van der Waals surface area contributed by atoms with Crippen molar-refractivity contribution in [3.8, 4) is 5.75 Å². The van der Waals surface area contributed by atoms with Crippen molar-refractivity contribution >= 4 is 33.4 Å². The molecule has 2 aromatic carbocycles. The van der Waals surface area contributed by atoms with Gasteiger partial charge in [-0.2, -0.15) is 0 Å². The Bertz CT molecular complexity index is 808. The molecule has 0 fully saturated rings. The molecule has 2 N–H and O–H groups in total. The van der Waals surface area contributed by atoms with E-state index < -0.39 is 0 Å². The molecule has 0 saturated carbocycles. The number of halogens is 1. The fourth-order valence-electron chi connectivity index (χ4n) is 2.40. The lowest BCUT2D eigenvalue weighted by Crippen LogP contribution is -2.33. The first kappa shape index (κ1) is 21.0. The molecule has 2 amide bonds. The van der Waals surface area contributed by atoms with Crippen molar-refractivity contribution in [2.45, 2.75) is 39.7 Å². The summed E-state index contributed by atoms with van der Waals surface area (Å²) in [6.45, 7) is 5.87. The zero-order chi connectivity index (χ0) is 19.8.